The van der Waals surface area contributed by atoms with Crippen LogP contribution in [0.2, 0.25) is 0 Å². The average molecular weight is 284 g/mol. The van der Waals surface area contributed by atoms with E-state index in [0.717, 1.165) is 24.3 Å². The molecule has 1 N–H and O–H groups in total. The molecule has 0 aliphatic rings. The quantitative estimate of drug-likeness (QED) is 0.778. The molecule has 0 atom stereocenters. The van der Waals surface area contributed by atoms with Crippen molar-refractivity contribution in [1.82, 2.24) is 14.5 Å². The van der Waals surface area contributed by atoms with Gasteiger partial charge in [-0.15, -0.1) is 0 Å². The number of rotatable bonds is 5. The fourth-order valence-electron chi connectivity index (χ4n) is 2.14. The van der Waals surface area contributed by atoms with Gasteiger partial charge in [-0.25, -0.2) is 14.8 Å². The number of anilines is 1. The molecule has 0 spiro atoms. The summed E-state index contributed by atoms with van der Waals surface area (Å²) >= 11 is 0. The zero-order valence-electron chi connectivity index (χ0n) is 11.7. The van der Waals surface area contributed by atoms with Gasteiger partial charge < -0.3 is 9.73 Å². The Morgan fingerprint density at radius 1 is 1.29 bits per heavy atom. The highest BCUT2D eigenvalue weighted by Crippen LogP contribution is 2.13. The molecule has 3 aromatic heterocycles. The molecular formula is C15H16N4O2. The lowest BCUT2D eigenvalue weighted by Crippen LogP contribution is -2.15. The molecule has 0 fully saturated rings. The molecule has 3 aromatic rings. The Hall–Kier alpha value is -2.63. The van der Waals surface area contributed by atoms with Gasteiger partial charge in [0.2, 0.25) is 0 Å². The van der Waals surface area contributed by atoms with Gasteiger partial charge in [-0.3, -0.25) is 4.57 Å². The second-order valence-electron chi connectivity index (χ2n) is 4.76. The van der Waals surface area contributed by atoms with Gasteiger partial charge in [0, 0.05) is 18.9 Å². The van der Waals surface area contributed by atoms with E-state index in [9.17, 15) is 4.79 Å². The fraction of sp³-hybridized carbons (Fsp3) is 0.267. The van der Waals surface area contributed by atoms with Crippen molar-refractivity contribution in [3.05, 3.63) is 52.8 Å². The van der Waals surface area contributed by atoms with Crippen LogP contribution in [0.15, 0.2) is 45.9 Å². The van der Waals surface area contributed by atoms with Crippen LogP contribution < -0.4 is 11.1 Å². The Morgan fingerprint density at radius 2 is 2.19 bits per heavy atom. The molecule has 0 aliphatic carbocycles. The third kappa shape index (κ3) is 2.79. The summed E-state index contributed by atoms with van der Waals surface area (Å²) < 4.78 is 6.70. The first-order chi connectivity index (χ1) is 10.3. The average Bonchev–Trinajstić information content (AvgIpc) is 2.82. The first-order valence-corrected chi connectivity index (χ1v) is 6.91. The fourth-order valence-corrected chi connectivity index (χ4v) is 2.14. The topological polar surface area (TPSA) is 73.0 Å². The third-order valence-electron chi connectivity index (χ3n) is 3.15. The summed E-state index contributed by atoms with van der Waals surface area (Å²) in [7, 11) is 0. The zero-order valence-corrected chi connectivity index (χ0v) is 11.7. The van der Waals surface area contributed by atoms with E-state index in [4.69, 9.17) is 4.42 Å². The number of hydrogen-bond donors (Lipinski definition) is 1. The van der Waals surface area contributed by atoms with Gasteiger partial charge in [-0.1, -0.05) is 6.92 Å². The second kappa shape index (κ2) is 5.78. The first kappa shape index (κ1) is 13.4. The monoisotopic (exact) mass is 284 g/mol. The first-order valence-electron chi connectivity index (χ1n) is 6.91. The lowest BCUT2D eigenvalue weighted by atomic mass is 10.2. The van der Waals surface area contributed by atoms with Crippen molar-refractivity contribution >= 4 is 17.0 Å². The Balaban J connectivity index is 1.92. The lowest BCUT2D eigenvalue weighted by molar-refractivity contribution is 0.517. The van der Waals surface area contributed by atoms with Crippen molar-refractivity contribution in [2.75, 3.05) is 11.9 Å². The summed E-state index contributed by atoms with van der Waals surface area (Å²) in [5.74, 6) is 0.409. The van der Waals surface area contributed by atoms with Gasteiger partial charge >= 0.3 is 5.76 Å². The van der Waals surface area contributed by atoms with Crippen LogP contribution in [-0.4, -0.2) is 21.1 Å². The van der Waals surface area contributed by atoms with E-state index in [-0.39, 0.29) is 0 Å². The molecular weight excluding hydrogens is 268 g/mol. The van der Waals surface area contributed by atoms with Gasteiger partial charge in [-0.05, 0) is 36.2 Å². The summed E-state index contributed by atoms with van der Waals surface area (Å²) in [4.78, 5) is 20.4. The SMILES string of the molecule is CCCNc1cc(Cn2c(=O)oc3cccnc32)ccn1. The van der Waals surface area contributed by atoms with Crippen molar-refractivity contribution in [3.8, 4) is 0 Å². The van der Waals surface area contributed by atoms with Crippen LogP contribution in [0, 0.1) is 0 Å². The normalized spacial score (nSPS) is 10.9. The second-order valence-corrected chi connectivity index (χ2v) is 4.76. The smallest absolute Gasteiger partial charge is 0.406 e. The Labute approximate surface area is 121 Å². The summed E-state index contributed by atoms with van der Waals surface area (Å²) in [6.45, 7) is 3.37. The Kier molecular flexibility index (Phi) is 3.68. The van der Waals surface area contributed by atoms with Crippen LogP contribution in [-0.2, 0) is 6.54 Å². The summed E-state index contributed by atoms with van der Waals surface area (Å²) in [6, 6.07) is 7.30. The number of nitrogens with zero attached hydrogens (tertiary/aromatic N) is 3. The Bertz CT molecular complexity index is 807. The van der Waals surface area contributed by atoms with Crippen LogP contribution in [0.1, 0.15) is 18.9 Å². The molecule has 0 unspecified atom stereocenters. The molecule has 0 bridgehead atoms. The highest BCUT2D eigenvalue weighted by atomic mass is 16.4. The van der Waals surface area contributed by atoms with Crippen molar-refractivity contribution in [3.63, 3.8) is 0 Å². The predicted molar refractivity (Wildman–Crippen MR) is 80.4 cm³/mol. The molecule has 6 nitrogen and oxygen atoms in total. The van der Waals surface area contributed by atoms with Crippen LogP contribution in [0.5, 0.6) is 0 Å². The lowest BCUT2D eigenvalue weighted by Gasteiger charge is -2.06. The molecule has 21 heavy (non-hydrogen) atoms. The van der Waals surface area contributed by atoms with Crippen molar-refractivity contribution in [2.24, 2.45) is 0 Å². The maximum absolute atomic E-state index is 11.9. The number of fused-ring (bicyclic) bond motifs is 1. The van der Waals surface area contributed by atoms with E-state index in [2.05, 4.69) is 22.2 Å². The van der Waals surface area contributed by atoms with E-state index >= 15 is 0 Å². The summed E-state index contributed by atoms with van der Waals surface area (Å²) in [5.41, 5.74) is 2.03. The highest BCUT2D eigenvalue weighted by Gasteiger charge is 2.10. The minimum absolute atomic E-state index is 0.399. The number of oxazole rings is 1. The molecule has 0 radical (unpaired) electrons. The minimum atomic E-state index is -0.399. The standard InChI is InChI=1S/C15H16N4O2/c1-2-6-16-13-9-11(5-8-17-13)10-19-14-12(21-15(19)20)4-3-7-18-14/h3-5,7-9H,2,6,10H2,1H3,(H,16,17). The third-order valence-corrected chi connectivity index (χ3v) is 3.15. The summed E-state index contributed by atoms with van der Waals surface area (Å²) in [6.07, 6.45) is 4.41. The van der Waals surface area contributed by atoms with Crippen LogP contribution in [0.3, 0.4) is 0 Å². The Morgan fingerprint density at radius 3 is 3.05 bits per heavy atom. The molecule has 3 heterocycles. The molecule has 0 aromatic carbocycles. The minimum Gasteiger partial charge on any atom is -0.406 e. The number of hydrogen-bond acceptors (Lipinski definition) is 5. The van der Waals surface area contributed by atoms with Crippen LogP contribution in [0.25, 0.3) is 11.2 Å². The van der Waals surface area contributed by atoms with Gasteiger partial charge in [0.25, 0.3) is 0 Å². The zero-order chi connectivity index (χ0) is 14.7. The van der Waals surface area contributed by atoms with Gasteiger partial charge in [-0.2, -0.15) is 0 Å². The van der Waals surface area contributed by atoms with Crippen LogP contribution >= 0.6 is 0 Å². The molecule has 0 aliphatic heterocycles. The molecule has 0 amide bonds. The largest absolute Gasteiger partial charge is 0.421 e. The maximum atomic E-state index is 11.9. The number of pyridine rings is 2. The predicted octanol–water partition coefficient (Wildman–Crippen LogP) is 2.25. The van der Waals surface area contributed by atoms with E-state index in [1.807, 2.05) is 12.1 Å². The number of nitrogens with one attached hydrogen (secondary N) is 1. The van der Waals surface area contributed by atoms with E-state index in [1.54, 1.807) is 24.5 Å². The maximum Gasteiger partial charge on any atom is 0.421 e. The van der Waals surface area contributed by atoms with Crippen molar-refractivity contribution in [2.45, 2.75) is 19.9 Å². The number of aromatic nitrogens is 3. The van der Waals surface area contributed by atoms with E-state index in [1.165, 1.54) is 4.57 Å². The van der Waals surface area contributed by atoms with Crippen molar-refractivity contribution < 1.29 is 4.42 Å². The van der Waals surface area contributed by atoms with Crippen molar-refractivity contribution in [1.29, 1.82) is 0 Å². The summed E-state index contributed by atoms with van der Waals surface area (Å²) in [5, 5.41) is 3.23. The van der Waals surface area contributed by atoms with Gasteiger partial charge in [0.15, 0.2) is 11.2 Å². The van der Waals surface area contributed by atoms with Gasteiger partial charge in [0.1, 0.15) is 5.82 Å². The van der Waals surface area contributed by atoms with Crippen LogP contribution in [0.4, 0.5) is 5.82 Å². The molecule has 0 saturated heterocycles. The van der Waals surface area contributed by atoms with Gasteiger partial charge in [0.05, 0.1) is 6.54 Å². The molecule has 6 heteroatoms. The molecule has 108 valence electrons. The van der Waals surface area contributed by atoms with E-state index in [0.29, 0.717) is 17.8 Å². The highest BCUT2D eigenvalue weighted by molar-refractivity contribution is 5.67. The molecule has 3 rings (SSSR count). The molecule has 0 saturated carbocycles. The van der Waals surface area contributed by atoms with E-state index < -0.39 is 5.76 Å².